The first-order valence-corrected chi connectivity index (χ1v) is 11.0. The lowest BCUT2D eigenvalue weighted by Crippen LogP contribution is -2.13. The van der Waals surface area contributed by atoms with E-state index in [2.05, 4.69) is 27.9 Å². The van der Waals surface area contributed by atoms with Crippen molar-refractivity contribution in [2.75, 3.05) is 12.4 Å². The van der Waals surface area contributed by atoms with E-state index in [4.69, 9.17) is 9.47 Å². The highest BCUT2D eigenvalue weighted by molar-refractivity contribution is 14.1. The Hall–Kier alpha value is -3.31. The summed E-state index contributed by atoms with van der Waals surface area (Å²) in [6.45, 7) is 4.39. The van der Waals surface area contributed by atoms with Crippen LogP contribution in [0, 0.1) is 28.7 Å². The highest BCUT2D eigenvalue weighted by Gasteiger charge is 2.14. The molecule has 32 heavy (non-hydrogen) atoms. The number of carbonyl (C=O) groups is 1. The first-order chi connectivity index (χ1) is 15.4. The topological polar surface area (TPSA) is 71.3 Å². The largest absolute Gasteiger partial charge is 0.493 e. The zero-order valence-electron chi connectivity index (χ0n) is 18.1. The van der Waals surface area contributed by atoms with E-state index in [1.54, 1.807) is 25.3 Å². The zero-order chi connectivity index (χ0) is 23.1. The van der Waals surface area contributed by atoms with Crippen molar-refractivity contribution < 1.29 is 14.3 Å². The fraction of sp³-hybridized carbons (Fsp3) is 0.154. The van der Waals surface area contributed by atoms with Crippen LogP contribution in [0.15, 0.2) is 66.2 Å². The van der Waals surface area contributed by atoms with E-state index in [9.17, 15) is 10.1 Å². The molecular weight excluding hydrogens is 515 g/mol. The van der Waals surface area contributed by atoms with Crippen LogP contribution in [-0.2, 0) is 11.4 Å². The van der Waals surface area contributed by atoms with Gasteiger partial charge >= 0.3 is 0 Å². The number of rotatable bonds is 7. The third-order valence-electron chi connectivity index (χ3n) is 4.71. The van der Waals surface area contributed by atoms with Gasteiger partial charge in [-0.05, 0) is 83.5 Å². The quantitative estimate of drug-likeness (QED) is 0.226. The van der Waals surface area contributed by atoms with Crippen LogP contribution in [-0.4, -0.2) is 13.0 Å². The minimum absolute atomic E-state index is 0.00215. The summed E-state index contributed by atoms with van der Waals surface area (Å²) in [6, 6.07) is 21.1. The van der Waals surface area contributed by atoms with Gasteiger partial charge in [-0.15, -0.1) is 0 Å². The Morgan fingerprint density at radius 1 is 1.09 bits per heavy atom. The fourth-order valence-corrected chi connectivity index (χ4v) is 3.82. The van der Waals surface area contributed by atoms with Gasteiger partial charge in [-0.2, -0.15) is 5.26 Å². The summed E-state index contributed by atoms with van der Waals surface area (Å²) >= 11 is 2.16. The maximum absolute atomic E-state index is 12.6. The SMILES string of the molecule is COc1cc(/C=C(/C#N)C(=O)Nc2cccc(C)c2)cc(I)c1OCc1ccc(C)cc1. The van der Waals surface area contributed by atoms with Crippen molar-refractivity contribution in [2.45, 2.75) is 20.5 Å². The molecule has 0 unspecified atom stereocenters. The predicted octanol–water partition coefficient (Wildman–Crippen LogP) is 6.04. The van der Waals surface area contributed by atoms with Crippen LogP contribution in [0.2, 0.25) is 0 Å². The molecule has 0 aromatic heterocycles. The van der Waals surface area contributed by atoms with E-state index in [1.807, 2.05) is 68.4 Å². The van der Waals surface area contributed by atoms with Crippen LogP contribution in [0.25, 0.3) is 6.08 Å². The minimum atomic E-state index is -0.466. The number of benzene rings is 3. The summed E-state index contributed by atoms with van der Waals surface area (Å²) in [4.78, 5) is 12.6. The maximum Gasteiger partial charge on any atom is 0.266 e. The Labute approximate surface area is 201 Å². The number of carbonyl (C=O) groups excluding carboxylic acids is 1. The second kappa shape index (κ2) is 10.8. The molecule has 0 aliphatic rings. The Kier molecular flexibility index (Phi) is 7.90. The summed E-state index contributed by atoms with van der Waals surface area (Å²) in [5.41, 5.74) is 4.57. The minimum Gasteiger partial charge on any atom is -0.493 e. The van der Waals surface area contributed by atoms with Crippen molar-refractivity contribution >= 4 is 40.3 Å². The molecule has 0 saturated heterocycles. The van der Waals surface area contributed by atoms with Crippen LogP contribution in [0.3, 0.4) is 0 Å². The third kappa shape index (κ3) is 6.11. The highest BCUT2D eigenvalue weighted by Crippen LogP contribution is 2.35. The molecule has 5 nitrogen and oxygen atoms in total. The second-order valence-corrected chi connectivity index (χ2v) is 8.46. The molecule has 162 valence electrons. The van der Waals surface area contributed by atoms with E-state index >= 15 is 0 Å². The predicted molar refractivity (Wildman–Crippen MR) is 135 cm³/mol. The molecule has 6 heteroatoms. The summed E-state index contributed by atoms with van der Waals surface area (Å²) < 4.78 is 12.3. The first kappa shape index (κ1) is 23.4. The number of nitrogens with one attached hydrogen (secondary N) is 1. The number of ether oxygens (including phenoxy) is 2. The molecule has 1 N–H and O–H groups in total. The summed E-state index contributed by atoms with van der Waals surface area (Å²) in [5, 5.41) is 12.3. The number of aryl methyl sites for hydroxylation is 2. The Bertz CT molecular complexity index is 1190. The van der Waals surface area contributed by atoms with Gasteiger partial charge in [-0.25, -0.2) is 0 Å². The summed E-state index contributed by atoms with van der Waals surface area (Å²) in [5.74, 6) is 0.687. The van der Waals surface area contributed by atoms with Gasteiger partial charge in [0.05, 0.1) is 10.7 Å². The molecule has 0 heterocycles. The third-order valence-corrected chi connectivity index (χ3v) is 5.51. The molecule has 0 spiro atoms. The molecule has 0 bridgehead atoms. The van der Waals surface area contributed by atoms with Gasteiger partial charge < -0.3 is 14.8 Å². The molecule has 0 fully saturated rings. The number of hydrogen-bond acceptors (Lipinski definition) is 4. The average Bonchev–Trinajstić information content (AvgIpc) is 2.77. The molecule has 3 rings (SSSR count). The zero-order valence-corrected chi connectivity index (χ0v) is 20.3. The second-order valence-electron chi connectivity index (χ2n) is 7.30. The van der Waals surface area contributed by atoms with Gasteiger partial charge in [-0.3, -0.25) is 4.79 Å². The lowest BCUT2D eigenvalue weighted by atomic mass is 10.1. The van der Waals surface area contributed by atoms with Crippen molar-refractivity contribution in [1.82, 2.24) is 0 Å². The van der Waals surface area contributed by atoms with Crippen molar-refractivity contribution in [3.8, 4) is 17.6 Å². The van der Waals surface area contributed by atoms with E-state index in [0.29, 0.717) is 29.4 Å². The molecule has 0 atom stereocenters. The molecule has 3 aromatic carbocycles. The molecule has 0 aliphatic carbocycles. The number of methoxy groups -OCH3 is 1. The number of nitriles is 1. The molecule has 1 amide bonds. The van der Waals surface area contributed by atoms with Gasteiger partial charge in [0.1, 0.15) is 18.2 Å². The van der Waals surface area contributed by atoms with Crippen molar-refractivity contribution in [3.05, 3.63) is 92.1 Å². The van der Waals surface area contributed by atoms with E-state index < -0.39 is 5.91 Å². The molecule has 0 aliphatic heterocycles. The lowest BCUT2D eigenvalue weighted by molar-refractivity contribution is -0.112. The fourth-order valence-electron chi connectivity index (χ4n) is 3.04. The monoisotopic (exact) mass is 538 g/mol. The Morgan fingerprint density at radius 3 is 2.50 bits per heavy atom. The van der Waals surface area contributed by atoms with E-state index in [-0.39, 0.29) is 5.57 Å². The maximum atomic E-state index is 12.6. The van der Waals surface area contributed by atoms with Crippen LogP contribution in [0.1, 0.15) is 22.3 Å². The normalized spacial score (nSPS) is 10.9. The highest BCUT2D eigenvalue weighted by atomic mass is 127. The van der Waals surface area contributed by atoms with Crippen LogP contribution < -0.4 is 14.8 Å². The van der Waals surface area contributed by atoms with Gasteiger partial charge in [-0.1, -0.05) is 42.0 Å². The molecule has 0 saturated carbocycles. The standard InChI is InChI=1S/C26H23IN2O3/c1-17-7-9-19(10-8-17)16-32-25-23(27)13-20(14-24(25)31-3)12-21(15-28)26(30)29-22-6-4-5-18(2)11-22/h4-14H,16H2,1-3H3,(H,29,30)/b21-12-. The van der Waals surface area contributed by atoms with Gasteiger partial charge in [0.25, 0.3) is 5.91 Å². The Balaban J connectivity index is 1.81. The van der Waals surface area contributed by atoms with Gasteiger partial charge in [0.2, 0.25) is 0 Å². The van der Waals surface area contributed by atoms with Crippen molar-refractivity contribution in [1.29, 1.82) is 5.26 Å². The number of nitrogens with zero attached hydrogens (tertiary/aromatic N) is 1. The van der Waals surface area contributed by atoms with E-state index in [1.165, 1.54) is 5.56 Å². The molecule has 0 radical (unpaired) electrons. The smallest absolute Gasteiger partial charge is 0.266 e. The lowest BCUT2D eigenvalue weighted by Gasteiger charge is -2.14. The van der Waals surface area contributed by atoms with Crippen molar-refractivity contribution in [3.63, 3.8) is 0 Å². The summed E-state index contributed by atoms with van der Waals surface area (Å²) in [6.07, 6.45) is 1.54. The van der Waals surface area contributed by atoms with Gasteiger partial charge in [0.15, 0.2) is 11.5 Å². The molecular formula is C26H23IN2O3. The van der Waals surface area contributed by atoms with Crippen LogP contribution >= 0.6 is 22.6 Å². The van der Waals surface area contributed by atoms with Crippen LogP contribution in [0.5, 0.6) is 11.5 Å². The Morgan fingerprint density at radius 2 is 1.84 bits per heavy atom. The summed E-state index contributed by atoms with van der Waals surface area (Å²) in [7, 11) is 1.56. The number of halogens is 1. The van der Waals surface area contributed by atoms with E-state index in [0.717, 1.165) is 14.7 Å². The van der Waals surface area contributed by atoms with Crippen LogP contribution in [0.4, 0.5) is 5.69 Å². The van der Waals surface area contributed by atoms with Crippen molar-refractivity contribution in [2.24, 2.45) is 0 Å². The average molecular weight is 538 g/mol. The number of anilines is 1. The number of amides is 1. The molecule has 3 aromatic rings. The first-order valence-electron chi connectivity index (χ1n) is 9.95. The number of hydrogen-bond donors (Lipinski definition) is 1. The van der Waals surface area contributed by atoms with Gasteiger partial charge in [0, 0.05) is 5.69 Å².